The van der Waals surface area contributed by atoms with Crippen LogP contribution in [-0.4, -0.2) is 73.3 Å². The topological polar surface area (TPSA) is 99.4 Å². The van der Waals surface area contributed by atoms with Crippen molar-refractivity contribution in [1.82, 2.24) is 0 Å². The van der Waals surface area contributed by atoms with Crippen LogP contribution in [0.2, 0.25) is 0 Å². The predicted octanol–water partition coefficient (Wildman–Crippen LogP) is 4.13. The second kappa shape index (κ2) is 17.2. The van der Waals surface area contributed by atoms with Gasteiger partial charge in [0.05, 0.1) is 6.61 Å². The predicted molar refractivity (Wildman–Crippen MR) is 135 cm³/mol. The molecule has 0 amide bonds. The maximum atomic E-state index is 9.33. The Bertz CT molecular complexity index is 450. The molecule has 2 rings (SSSR count). The van der Waals surface area contributed by atoms with Gasteiger partial charge >= 0.3 is 0 Å². The van der Waals surface area contributed by atoms with Crippen molar-refractivity contribution in [2.75, 3.05) is 52.9 Å². The third kappa shape index (κ3) is 15.4. The van der Waals surface area contributed by atoms with E-state index in [2.05, 4.69) is 48.5 Å². The molecule has 0 radical (unpaired) electrons. The Morgan fingerprint density at radius 2 is 1.36 bits per heavy atom. The molecule has 0 saturated carbocycles. The quantitative estimate of drug-likeness (QED) is 0.399. The first-order chi connectivity index (χ1) is 15.4. The molecule has 0 spiro atoms. The molecule has 6 nitrogen and oxygen atoms in total. The monoisotopic (exact) mass is 476 g/mol. The molecule has 2 heterocycles. The number of hydrogen-bond acceptors (Lipinski definition) is 6. The van der Waals surface area contributed by atoms with Gasteiger partial charge in [-0.2, -0.15) is 0 Å². The van der Waals surface area contributed by atoms with Crippen molar-refractivity contribution < 1.29 is 29.9 Å². The van der Waals surface area contributed by atoms with Gasteiger partial charge in [-0.05, 0) is 60.7 Å². The Kier molecular flexibility index (Phi) is 17.1. The number of ether oxygens (including phenoxy) is 2. The van der Waals surface area contributed by atoms with E-state index in [1.54, 1.807) is 0 Å². The molecule has 0 unspecified atom stereocenters. The third-order valence-electron chi connectivity index (χ3n) is 6.49. The third-order valence-corrected chi connectivity index (χ3v) is 6.49. The molecule has 4 N–H and O–H groups in total. The van der Waals surface area contributed by atoms with Crippen LogP contribution in [0.25, 0.3) is 0 Å². The summed E-state index contributed by atoms with van der Waals surface area (Å²) in [6.07, 6.45) is 5.25. The van der Waals surface area contributed by atoms with Gasteiger partial charge in [-0.15, -0.1) is 0 Å². The minimum Gasteiger partial charge on any atom is -0.396 e. The number of aliphatic hydroxyl groups excluding tert-OH is 4. The minimum atomic E-state index is 0.0880. The van der Waals surface area contributed by atoms with Crippen molar-refractivity contribution in [2.45, 2.75) is 80.6 Å². The van der Waals surface area contributed by atoms with Gasteiger partial charge in [-0.25, -0.2) is 0 Å². The summed E-state index contributed by atoms with van der Waals surface area (Å²) in [6.45, 7) is 19.4. The molecule has 2 saturated heterocycles. The molecule has 33 heavy (non-hydrogen) atoms. The zero-order valence-electron chi connectivity index (χ0n) is 22.7. The van der Waals surface area contributed by atoms with Gasteiger partial charge in [-0.1, -0.05) is 48.5 Å². The SMILES string of the molecule is CC(C)(C)C[C@@H]1COC[C@H]1CO.CC(C)CC(CO)CO.CC(C)CC1(CO)CCOCC1. The molecular formula is C27H56O6. The van der Waals surface area contributed by atoms with E-state index in [0.717, 1.165) is 58.5 Å². The van der Waals surface area contributed by atoms with Crippen LogP contribution >= 0.6 is 0 Å². The summed E-state index contributed by atoms with van der Waals surface area (Å²) in [6, 6.07) is 0. The van der Waals surface area contributed by atoms with Crippen LogP contribution in [-0.2, 0) is 9.47 Å². The summed E-state index contributed by atoms with van der Waals surface area (Å²) in [5.74, 6) is 2.27. The Morgan fingerprint density at radius 1 is 0.818 bits per heavy atom. The largest absolute Gasteiger partial charge is 0.396 e. The van der Waals surface area contributed by atoms with Crippen molar-refractivity contribution in [3.63, 3.8) is 0 Å². The smallest absolute Gasteiger partial charge is 0.0519 e. The zero-order valence-corrected chi connectivity index (χ0v) is 22.7. The fourth-order valence-electron chi connectivity index (χ4n) is 4.83. The highest BCUT2D eigenvalue weighted by Crippen LogP contribution is 2.36. The lowest BCUT2D eigenvalue weighted by Crippen LogP contribution is -2.34. The highest BCUT2D eigenvalue weighted by Gasteiger charge is 2.32. The Labute approximate surface area is 204 Å². The van der Waals surface area contributed by atoms with Gasteiger partial charge in [0.25, 0.3) is 0 Å². The van der Waals surface area contributed by atoms with E-state index in [9.17, 15) is 5.11 Å². The van der Waals surface area contributed by atoms with Crippen molar-refractivity contribution in [3.05, 3.63) is 0 Å². The zero-order chi connectivity index (χ0) is 25.5. The van der Waals surface area contributed by atoms with Crippen LogP contribution in [0.3, 0.4) is 0 Å². The molecule has 6 heteroatoms. The van der Waals surface area contributed by atoms with Crippen molar-refractivity contribution in [3.8, 4) is 0 Å². The highest BCUT2D eigenvalue weighted by atomic mass is 16.5. The lowest BCUT2D eigenvalue weighted by atomic mass is 9.75. The van der Waals surface area contributed by atoms with E-state index < -0.39 is 0 Å². The fraction of sp³-hybridized carbons (Fsp3) is 1.00. The van der Waals surface area contributed by atoms with E-state index in [0.29, 0.717) is 35.7 Å². The number of hydrogen-bond donors (Lipinski definition) is 4. The molecule has 2 aliphatic rings. The number of aliphatic hydroxyl groups is 4. The standard InChI is InChI=1S/2C10H20O2.C7H16O2/c1-10(2,3)4-8-6-12-7-9(8)5-11;1-9(2)7-10(8-11)3-5-12-6-4-10;1-6(2)3-7(4-8)5-9/h8-9,11H,4-7H2,1-3H3;9,11H,3-8H2,1-2H3;6-9H,3-5H2,1-2H3/t8-,9-;;/m1../s1. The Hall–Kier alpha value is -0.240. The second-order valence-electron chi connectivity index (χ2n) is 12.2. The van der Waals surface area contributed by atoms with Crippen LogP contribution in [0, 0.1) is 40.4 Å². The minimum absolute atomic E-state index is 0.0880. The molecule has 200 valence electrons. The summed E-state index contributed by atoms with van der Waals surface area (Å²) < 4.78 is 10.6. The summed E-state index contributed by atoms with van der Waals surface area (Å²) in [5.41, 5.74) is 0.526. The van der Waals surface area contributed by atoms with E-state index in [4.69, 9.17) is 24.8 Å². The first kappa shape index (κ1) is 32.8. The molecule has 2 fully saturated rings. The van der Waals surface area contributed by atoms with Crippen LogP contribution in [0.5, 0.6) is 0 Å². The fourth-order valence-corrected chi connectivity index (χ4v) is 4.83. The van der Waals surface area contributed by atoms with Crippen LogP contribution < -0.4 is 0 Å². The van der Waals surface area contributed by atoms with Gasteiger partial charge in [0.1, 0.15) is 0 Å². The summed E-state index contributed by atoms with van der Waals surface area (Å²) in [5, 5.41) is 35.6. The normalized spacial score (nSPS) is 22.7. The van der Waals surface area contributed by atoms with Gasteiger partial charge in [-0.3, -0.25) is 0 Å². The van der Waals surface area contributed by atoms with E-state index in [-0.39, 0.29) is 31.2 Å². The Morgan fingerprint density at radius 3 is 1.73 bits per heavy atom. The molecule has 0 aromatic rings. The van der Waals surface area contributed by atoms with Crippen molar-refractivity contribution >= 4 is 0 Å². The lowest BCUT2D eigenvalue weighted by molar-refractivity contribution is -0.0267. The molecule has 0 aromatic heterocycles. The molecule has 2 aliphatic heterocycles. The van der Waals surface area contributed by atoms with Crippen LogP contribution in [0.15, 0.2) is 0 Å². The van der Waals surface area contributed by atoms with Crippen molar-refractivity contribution in [1.29, 1.82) is 0 Å². The average molecular weight is 477 g/mol. The second-order valence-corrected chi connectivity index (χ2v) is 12.2. The summed E-state index contributed by atoms with van der Waals surface area (Å²) in [4.78, 5) is 0. The van der Waals surface area contributed by atoms with E-state index >= 15 is 0 Å². The Balaban J connectivity index is 0.000000472. The molecule has 2 atom stereocenters. The van der Waals surface area contributed by atoms with Gasteiger partial charge in [0.2, 0.25) is 0 Å². The summed E-state index contributed by atoms with van der Waals surface area (Å²) in [7, 11) is 0. The first-order valence-electron chi connectivity index (χ1n) is 13.0. The maximum absolute atomic E-state index is 9.33. The van der Waals surface area contributed by atoms with E-state index in [1.165, 1.54) is 0 Å². The first-order valence-corrected chi connectivity index (χ1v) is 13.0. The highest BCUT2D eigenvalue weighted by molar-refractivity contribution is 4.82. The van der Waals surface area contributed by atoms with Crippen molar-refractivity contribution in [2.24, 2.45) is 40.4 Å². The molecule has 0 bridgehead atoms. The van der Waals surface area contributed by atoms with Crippen LogP contribution in [0.4, 0.5) is 0 Å². The molecule has 0 aliphatic carbocycles. The van der Waals surface area contributed by atoms with Gasteiger partial charge in [0, 0.05) is 58.1 Å². The van der Waals surface area contributed by atoms with E-state index in [1.807, 2.05) is 0 Å². The van der Waals surface area contributed by atoms with Gasteiger partial charge < -0.3 is 29.9 Å². The lowest BCUT2D eigenvalue weighted by Gasteiger charge is -2.36. The van der Waals surface area contributed by atoms with Crippen LogP contribution in [0.1, 0.15) is 80.6 Å². The summed E-state index contributed by atoms with van der Waals surface area (Å²) >= 11 is 0. The number of rotatable bonds is 9. The molecule has 0 aromatic carbocycles. The average Bonchev–Trinajstić information content (AvgIpc) is 3.18. The molecular weight excluding hydrogens is 420 g/mol. The van der Waals surface area contributed by atoms with Gasteiger partial charge in [0.15, 0.2) is 0 Å². The maximum Gasteiger partial charge on any atom is 0.0519 e.